The van der Waals surface area contributed by atoms with Crippen molar-refractivity contribution in [2.24, 2.45) is 0 Å². The molecule has 0 saturated carbocycles. The van der Waals surface area contributed by atoms with E-state index in [1.54, 1.807) is 60.7 Å². The Kier molecular flexibility index (Phi) is 4.08. The molecule has 0 unspecified atom stereocenters. The third-order valence-corrected chi connectivity index (χ3v) is 10.7. The SMILES string of the molecule is [2H]c1c([2H])c2c([2H])c([2H])c3c([2H])c([2H])c(-c4cccc(-c5cccc(-c6cccc(-c7c([2H])c([2H])c8c([2H])c([2H])c9c(-c%10ccccc%10)c([2H])c([2H])c%10c([2H])c([2H])c7c8c%109)c6)c5)c4)c4c([2H])c([2H])c(c1[2H])c2c34. The van der Waals surface area contributed by atoms with Crippen LogP contribution in [0.2, 0.25) is 0 Å². The van der Waals surface area contributed by atoms with Gasteiger partial charge in [-0.1, -0.05) is 188 Å². The van der Waals surface area contributed by atoms with Crippen LogP contribution in [0, 0.1) is 0 Å². The molecule has 0 saturated heterocycles. The van der Waals surface area contributed by atoms with Gasteiger partial charge in [0.05, 0.1) is 23.3 Å². The van der Waals surface area contributed by atoms with E-state index < -0.39 is 42.3 Å². The molecule has 0 nitrogen and oxygen atoms in total. The Morgan fingerprint density at radius 1 is 0.250 bits per heavy atom. The molecule has 0 atom stereocenters. The lowest BCUT2D eigenvalue weighted by molar-refractivity contribution is 1.58. The molecule has 0 fully saturated rings. The maximum absolute atomic E-state index is 9.45. The van der Waals surface area contributed by atoms with Crippen molar-refractivity contribution in [3.8, 4) is 55.6 Å². The fourth-order valence-corrected chi connectivity index (χ4v) is 8.09. The molecule has 0 spiro atoms. The average Bonchev–Trinajstić information content (AvgIpc) is 3.39. The Morgan fingerprint density at radius 3 is 1.04 bits per heavy atom. The van der Waals surface area contributed by atoms with Gasteiger partial charge in [0.15, 0.2) is 0 Å². The standard InChI is InChI=1S/C56H34/c1-2-8-35(9-3-1)47-26-20-39-25-31-52-49(28-22-40-24-30-50(47)55(39)56(40)52)46-17-7-15-44(34-46)42-13-5-12-41(32-42)43-14-6-16-45(33-43)48-27-21-38-19-18-36-10-4-11-37-23-29-51(48)54(38)53(36)37/h1-34H/i4D,10D,11D,18D,19D,20D,21D,22D,23D,24D,25D,26D,27D,28D,29D,30D,31D. The summed E-state index contributed by atoms with van der Waals surface area (Å²) in [6.07, 6.45) is 0. The van der Waals surface area contributed by atoms with E-state index in [2.05, 4.69) is 0 Å². The van der Waals surface area contributed by atoms with Crippen LogP contribution >= 0.6 is 0 Å². The second-order valence-electron chi connectivity index (χ2n) is 13.9. The summed E-state index contributed by atoms with van der Waals surface area (Å²) >= 11 is 0. The van der Waals surface area contributed by atoms with Gasteiger partial charge in [-0.3, -0.25) is 0 Å². The highest BCUT2D eigenvalue weighted by Crippen LogP contribution is 2.44. The first kappa shape index (κ1) is 18.8. The van der Waals surface area contributed by atoms with E-state index in [0.717, 1.165) is 5.56 Å². The first-order valence-electron chi connectivity index (χ1n) is 26.6. The maximum atomic E-state index is 9.45. The zero-order valence-electron chi connectivity index (χ0n) is 46.3. The monoisotopic (exact) mass is 723 g/mol. The van der Waals surface area contributed by atoms with Crippen LogP contribution in [0.4, 0.5) is 0 Å². The summed E-state index contributed by atoms with van der Waals surface area (Å²) < 4.78 is 155. The predicted molar refractivity (Wildman–Crippen MR) is 241 cm³/mol. The van der Waals surface area contributed by atoms with Crippen LogP contribution in [0.3, 0.4) is 0 Å². The highest BCUT2D eigenvalue weighted by molar-refractivity contribution is 6.28. The minimum Gasteiger partial charge on any atom is -0.0622 e. The third kappa shape index (κ3) is 4.73. The van der Waals surface area contributed by atoms with Gasteiger partial charge in [-0.25, -0.2) is 0 Å². The topological polar surface area (TPSA) is 0 Å². The van der Waals surface area contributed by atoms with Crippen LogP contribution in [0.1, 0.15) is 23.3 Å². The van der Waals surface area contributed by atoms with Crippen LogP contribution in [0.25, 0.3) is 120 Å². The van der Waals surface area contributed by atoms with Crippen LogP contribution in [-0.4, -0.2) is 0 Å². The second kappa shape index (κ2) is 12.1. The molecule has 56 heavy (non-hydrogen) atoms. The Labute approximate surface area is 349 Å². The average molecular weight is 724 g/mol. The summed E-state index contributed by atoms with van der Waals surface area (Å²) in [4.78, 5) is 0. The molecule has 0 radical (unpaired) electrons. The smallest absolute Gasteiger partial charge is 0.0622 e. The van der Waals surface area contributed by atoms with Crippen molar-refractivity contribution in [2.75, 3.05) is 0 Å². The first-order valence-corrected chi connectivity index (χ1v) is 18.1. The minimum absolute atomic E-state index is 0.0357. The predicted octanol–water partition coefficient (Wildman–Crippen LogP) is 15.8. The molecule has 12 aromatic rings. The van der Waals surface area contributed by atoms with Gasteiger partial charge in [0.25, 0.3) is 0 Å². The van der Waals surface area contributed by atoms with Crippen LogP contribution < -0.4 is 0 Å². The molecule has 0 N–H and O–H groups in total. The number of hydrogen-bond donors (Lipinski definition) is 0. The van der Waals surface area contributed by atoms with Gasteiger partial charge in [-0.05, 0) is 138 Å². The number of benzene rings is 12. The molecular weight excluding hydrogens is 673 g/mol. The van der Waals surface area contributed by atoms with Gasteiger partial charge in [0.1, 0.15) is 0 Å². The summed E-state index contributed by atoms with van der Waals surface area (Å²) in [7, 11) is 0. The Morgan fingerprint density at radius 2 is 0.571 bits per heavy atom. The summed E-state index contributed by atoms with van der Waals surface area (Å²) in [6.45, 7) is 0. The highest BCUT2D eigenvalue weighted by Gasteiger charge is 2.16. The van der Waals surface area contributed by atoms with Crippen LogP contribution in [-0.2, 0) is 0 Å². The molecule has 0 aromatic heterocycles. The van der Waals surface area contributed by atoms with E-state index >= 15 is 0 Å². The van der Waals surface area contributed by atoms with Gasteiger partial charge < -0.3 is 0 Å². The highest BCUT2D eigenvalue weighted by atomic mass is 14.2. The van der Waals surface area contributed by atoms with Crippen molar-refractivity contribution in [2.45, 2.75) is 0 Å². The molecule has 0 aliphatic rings. The lowest BCUT2D eigenvalue weighted by atomic mass is 9.87. The maximum Gasteiger partial charge on any atom is 0.0630 e. The van der Waals surface area contributed by atoms with E-state index in [9.17, 15) is 12.3 Å². The van der Waals surface area contributed by atoms with Crippen molar-refractivity contribution in [3.05, 3.63) is 206 Å². The fourth-order valence-electron chi connectivity index (χ4n) is 8.09. The summed E-state index contributed by atoms with van der Waals surface area (Å²) in [5, 5.41) is 0.523. The number of hydrogen-bond acceptors (Lipinski definition) is 0. The molecule has 258 valence electrons. The first-order chi connectivity index (χ1) is 34.9. The molecular formula is C56H34. The van der Waals surface area contributed by atoms with E-state index in [1.807, 2.05) is 42.5 Å². The largest absolute Gasteiger partial charge is 0.0630 e. The molecule has 12 rings (SSSR count). The van der Waals surface area contributed by atoms with E-state index in [-0.39, 0.29) is 142 Å². The minimum atomic E-state index is -0.542. The van der Waals surface area contributed by atoms with Crippen molar-refractivity contribution in [3.63, 3.8) is 0 Å². The van der Waals surface area contributed by atoms with Gasteiger partial charge in [-0.15, -0.1) is 0 Å². The quantitative estimate of drug-likeness (QED) is 0.155. The fraction of sp³-hybridized carbons (Fsp3) is 0. The second-order valence-corrected chi connectivity index (χ2v) is 13.9. The zero-order valence-corrected chi connectivity index (χ0v) is 29.3. The van der Waals surface area contributed by atoms with E-state index in [0.29, 0.717) is 33.4 Å². The lowest BCUT2D eigenvalue weighted by Gasteiger charge is -2.17. The Balaban J connectivity index is 1.04. The van der Waals surface area contributed by atoms with Gasteiger partial charge in [0, 0.05) is 0 Å². The van der Waals surface area contributed by atoms with Crippen LogP contribution in [0.5, 0.6) is 0 Å². The molecule has 0 bridgehead atoms. The molecule has 12 aromatic carbocycles. The van der Waals surface area contributed by atoms with Crippen molar-refractivity contribution in [1.82, 2.24) is 0 Å². The molecule has 0 heterocycles. The molecule has 0 aliphatic heterocycles. The zero-order chi connectivity index (χ0) is 51.5. The van der Waals surface area contributed by atoms with Crippen molar-refractivity contribution < 1.29 is 23.3 Å². The molecule has 0 heteroatoms. The van der Waals surface area contributed by atoms with Gasteiger partial charge in [-0.2, -0.15) is 0 Å². The van der Waals surface area contributed by atoms with Gasteiger partial charge >= 0.3 is 0 Å². The number of rotatable bonds is 5. The van der Waals surface area contributed by atoms with Crippen LogP contribution in [0.15, 0.2) is 206 Å². The van der Waals surface area contributed by atoms with E-state index in [1.165, 1.54) is 0 Å². The third-order valence-electron chi connectivity index (χ3n) is 10.7. The summed E-state index contributed by atoms with van der Waals surface area (Å²) in [5.74, 6) is 0. The van der Waals surface area contributed by atoms with Gasteiger partial charge in [0.2, 0.25) is 0 Å². The van der Waals surface area contributed by atoms with E-state index in [4.69, 9.17) is 11.0 Å². The molecule has 0 aliphatic carbocycles. The normalized spacial score (nSPS) is 16.2. The Bertz CT molecular complexity index is 4430. The lowest BCUT2D eigenvalue weighted by Crippen LogP contribution is -1.90. The van der Waals surface area contributed by atoms with Crippen molar-refractivity contribution in [1.29, 1.82) is 0 Å². The van der Waals surface area contributed by atoms with Crippen molar-refractivity contribution >= 4 is 64.6 Å². The summed E-state index contributed by atoms with van der Waals surface area (Å²) in [6, 6.07) is 24.1. The Hall–Kier alpha value is -7.28. The summed E-state index contributed by atoms with van der Waals surface area (Å²) in [5.41, 5.74) is 4.68. The molecule has 0 amide bonds.